The van der Waals surface area contributed by atoms with Gasteiger partial charge in [-0.05, 0) is 37.5 Å². The molecular formula is C17H22O4. The second kappa shape index (κ2) is 9.08. The van der Waals surface area contributed by atoms with Crippen molar-refractivity contribution in [3.63, 3.8) is 0 Å². The molecule has 0 radical (unpaired) electrons. The Labute approximate surface area is 125 Å². The highest BCUT2D eigenvalue weighted by atomic mass is 16.6. The third-order valence-corrected chi connectivity index (χ3v) is 2.90. The van der Waals surface area contributed by atoms with Crippen molar-refractivity contribution in [1.82, 2.24) is 0 Å². The zero-order valence-electron chi connectivity index (χ0n) is 12.8. The van der Waals surface area contributed by atoms with Crippen LogP contribution in [0.1, 0.15) is 31.4 Å². The van der Waals surface area contributed by atoms with Crippen LogP contribution in [-0.4, -0.2) is 31.6 Å². The van der Waals surface area contributed by atoms with Crippen molar-refractivity contribution in [3.05, 3.63) is 41.0 Å². The van der Waals surface area contributed by atoms with E-state index in [4.69, 9.17) is 9.47 Å². The molecule has 0 unspecified atom stereocenters. The Kier molecular flexibility index (Phi) is 7.40. The van der Waals surface area contributed by atoms with Crippen molar-refractivity contribution in [2.24, 2.45) is 0 Å². The molecule has 1 aromatic carbocycles. The predicted octanol–water partition coefficient (Wildman–Crippen LogP) is 2.94. The van der Waals surface area contributed by atoms with Crippen LogP contribution < -0.4 is 0 Å². The lowest BCUT2D eigenvalue weighted by Crippen LogP contribution is -2.16. The van der Waals surface area contributed by atoms with Crippen molar-refractivity contribution in [2.75, 3.05) is 19.8 Å². The van der Waals surface area contributed by atoms with Crippen molar-refractivity contribution >= 4 is 17.8 Å². The van der Waals surface area contributed by atoms with Crippen LogP contribution in [0.3, 0.4) is 0 Å². The van der Waals surface area contributed by atoms with Gasteiger partial charge in [-0.15, -0.1) is 0 Å². The molecular weight excluding hydrogens is 268 g/mol. The summed E-state index contributed by atoms with van der Waals surface area (Å²) in [5, 5.41) is 0. The lowest BCUT2D eigenvalue weighted by atomic mass is 10.0. The second-order valence-electron chi connectivity index (χ2n) is 4.72. The molecule has 0 aliphatic carbocycles. The van der Waals surface area contributed by atoms with Gasteiger partial charge in [-0.3, -0.25) is 4.79 Å². The van der Waals surface area contributed by atoms with E-state index in [2.05, 4.69) is 0 Å². The van der Waals surface area contributed by atoms with Gasteiger partial charge < -0.3 is 9.47 Å². The summed E-state index contributed by atoms with van der Waals surface area (Å²) in [6.45, 7) is 6.42. The molecule has 1 rings (SSSR count). The Bertz CT molecular complexity index is 517. The van der Waals surface area contributed by atoms with E-state index < -0.39 is 5.97 Å². The van der Waals surface area contributed by atoms with Gasteiger partial charge in [0.1, 0.15) is 12.2 Å². The van der Waals surface area contributed by atoms with Crippen LogP contribution in [0.2, 0.25) is 0 Å². The summed E-state index contributed by atoms with van der Waals surface area (Å²) in [5.74, 6) is -0.913. The fourth-order valence-corrected chi connectivity index (χ4v) is 1.73. The number of benzene rings is 1. The van der Waals surface area contributed by atoms with Crippen molar-refractivity contribution in [2.45, 2.75) is 27.2 Å². The molecule has 0 aliphatic rings. The quantitative estimate of drug-likeness (QED) is 0.243. The second-order valence-corrected chi connectivity index (χ2v) is 4.72. The van der Waals surface area contributed by atoms with Crippen LogP contribution >= 0.6 is 0 Å². The highest BCUT2D eigenvalue weighted by Crippen LogP contribution is 2.13. The van der Waals surface area contributed by atoms with Gasteiger partial charge in [0.25, 0.3) is 0 Å². The Morgan fingerprint density at radius 3 is 2.48 bits per heavy atom. The zero-order chi connectivity index (χ0) is 15.7. The molecule has 0 spiro atoms. The van der Waals surface area contributed by atoms with Gasteiger partial charge in [0.05, 0.1) is 6.61 Å². The van der Waals surface area contributed by atoms with E-state index >= 15 is 0 Å². The number of ether oxygens (including phenoxy) is 2. The molecule has 0 amide bonds. The van der Waals surface area contributed by atoms with E-state index in [1.54, 1.807) is 6.08 Å². The molecule has 0 saturated heterocycles. The first-order chi connectivity index (χ1) is 10.1. The minimum atomic E-state index is -0.606. The number of esters is 1. The van der Waals surface area contributed by atoms with Gasteiger partial charge >= 0.3 is 5.97 Å². The Hall–Kier alpha value is -1.94. The molecule has 0 fully saturated rings. The summed E-state index contributed by atoms with van der Waals surface area (Å²) in [4.78, 5) is 23.6. The zero-order valence-corrected chi connectivity index (χ0v) is 12.8. The van der Waals surface area contributed by atoms with Crippen molar-refractivity contribution in [3.8, 4) is 0 Å². The summed E-state index contributed by atoms with van der Waals surface area (Å²) in [5.41, 5.74) is 1.89. The molecule has 0 aliphatic heterocycles. The molecule has 1 aromatic rings. The number of carbonyl (C=O) groups excluding carboxylic acids is 2. The highest BCUT2D eigenvalue weighted by molar-refractivity contribution is 6.19. The van der Waals surface area contributed by atoms with E-state index in [9.17, 15) is 9.59 Å². The third kappa shape index (κ3) is 5.92. The van der Waals surface area contributed by atoms with Crippen LogP contribution in [0.25, 0.3) is 6.08 Å². The summed E-state index contributed by atoms with van der Waals surface area (Å²) >= 11 is 0. The van der Waals surface area contributed by atoms with Crippen LogP contribution in [0, 0.1) is 6.92 Å². The standard InChI is InChI=1S/C17H22O4/c1-4-9-20-10-11-21-17(19)16(14(3)18)12-15-8-6-5-7-13(15)2/h5-8,12H,4,9-11H2,1-3H3/b16-12-. The van der Waals surface area contributed by atoms with Gasteiger partial charge in [0.2, 0.25) is 0 Å². The SMILES string of the molecule is CCCOCCOC(=O)/C(=C\c1ccccc1C)C(C)=O. The third-order valence-electron chi connectivity index (χ3n) is 2.90. The summed E-state index contributed by atoms with van der Waals surface area (Å²) in [6, 6.07) is 7.55. The molecule has 4 heteroatoms. The monoisotopic (exact) mass is 290 g/mol. The lowest BCUT2D eigenvalue weighted by Gasteiger charge is -2.07. The normalized spacial score (nSPS) is 11.3. The van der Waals surface area contributed by atoms with E-state index in [0.717, 1.165) is 17.5 Å². The van der Waals surface area contributed by atoms with Gasteiger partial charge in [-0.2, -0.15) is 0 Å². The van der Waals surface area contributed by atoms with Gasteiger partial charge in [0.15, 0.2) is 5.78 Å². The molecule has 114 valence electrons. The van der Waals surface area contributed by atoms with Gasteiger partial charge in [0, 0.05) is 6.61 Å². The number of rotatable bonds is 8. The number of hydrogen-bond donors (Lipinski definition) is 0. The number of ketones is 1. The maximum atomic E-state index is 12.0. The largest absolute Gasteiger partial charge is 0.460 e. The molecule has 0 bridgehead atoms. The number of carbonyl (C=O) groups is 2. The first-order valence-electron chi connectivity index (χ1n) is 7.09. The Morgan fingerprint density at radius 1 is 1.14 bits per heavy atom. The maximum Gasteiger partial charge on any atom is 0.341 e. The minimum absolute atomic E-state index is 0.0554. The first-order valence-corrected chi connectivity index (χ1v) is 7.09. The van der Waals surface area contributed by atoms with E-state index in [1.165, 1.54) is 6.92 Å². The topological polar surface area (TPSA) is 52.6 Å². The van der Waals surface area contributed by atoms with Crippen LogP contribution in [0.15, 0.2) is 29.8 Å². The van der Waals surface area contributed by atoms with E-state index in [0.29, 0.717) is 13.2 Å². The van der Waals surface area contributed by atoms with Crippen LogP contribution in [0.5, 0.6) is 0 Å². The van der Waals surface area contributed by atoms with Gasteiger partial charge in [-0.25, -0.2) is 4.79 Å². The van der Waals surface area contributed by atoms with E-state index in [1.807, 2.05) is 38.1 Å². The smallest absolute Gasteiger partial charge is 0.341 e. The summed E-state index contributed by atoms with van der Waals surface area (Å²) < 4.78 is 10.3. The molecule has 4 nitrogen and oxygen atoms in total. The van der Waals surface area contributed by atoms with Crippen LogP contribution in [0.4, 0.5) is 0 Å². The number of aryl methyl sites for hydroxylation is 1. The van der Waals surface area contributed by atoms with Gasteiger partial charge in [-0.1, -0.05) is 31.2 Å². The first kappa shape index (κ1) is 17.1. The molecule has 21 heavy (non-hydrogen) atoms. The maximum absolute atomic E-state index is 12.0. The van der Waals surface area contributed by atoms with Crippen LogP contribution in [-0.2, 0) is 19.1 Å². The minimum Gasteiger partial charge on any atom is -0.460 e. The molecule has 0 heterocycles. The average Bonchev–Trinajstić information content (AvgIpc) is 2.45. The summed E-state index contributed by atoms with van der Waals surface area (Å²) in [6.07, 6.45) is 2.49. The van der Waals surface area contributed by atoms with Crippen molar-refractivity contribution in [1.29, 1.82) is 0 Å². The fraction of sp³-hybridized carbons (Fsp3) is 0.412. The predicted molar refractivity (Wildman–Crippen MR) is 81.9 cm³/mol. The molecule has 0 aromatic heterocycles. The number of hydrogen-bond acceptors (Lipinski definition) is 4. The van der Waals surface area contributed by atoms with Crippen molar-refractivity contribution < 1.29 is 19.1 Å². The fourth-order valence-electron chi connectivity index (χ4n) is 1.73. The molecule has 0 atom stereocenters. The number of Topliss-reactive ketones (excluding diaryl/α,β-unsaturated/α-hetero) is 1. The molecule has 0 saturated carbocycles. The Balaban J connectivity index is 2.71. The Morgan fingerprint density at radius 2 is 1.86 bits per heavy atom. The molecule has 0 N–H and O–H groups in total. The lowest BCUT2D eigenvalue weighted by molar-refractivity contribution is -0.141. The van der Waals surface area contributed by atoms with E-state index in [-0.39, 0.29) is 18.0 Å². The summed E-state index contributed by atoms with van der Waals surface area (Å²) in [7, 11) is 0. The average molecular weight is 290 g/mol. The highest BCUT2D eigenvalue weighted by Gasteiger charge is 2.16.